The van der Waals surface area contributed by atoms with Gasteiger partial charge in [-0.05, 0) is 32.4 Å². The van der Waals surface area contributed by atoms with Crippen LogP contribution in [0, 0.1) is 6.92 Å². The van der Waals surface area contributed by atoms with Gasteiger partial charge in [-0.2, -0.15) is 0 Å². The van der Waals surface area contributed by atoms with Gasteiger partial charge in [-0.25, -0.2) is 4.98 Å². The number of morpholine rings is 1. The van der Waals surface area contributed by atoms with Gasteiger partial charge in [0.05, 0.1) is 36.0 Å². The number of amides is 1. The summed E-state index contributed by atoms with van der Waals surface area (Å²) in [6.45, 7) is 6.90. The molecule has 0 N–H and O–H groups in total. The van der Waals surface area contributed by atoms with E-state index in [1.54, 1.807) is 11.0 Å². The van der Waals surface area contributed by atoms with Crippen LogP contribution in [0.4, 0.5) is 0 Å². The molecule has 1 aromatic heterocycles. The Morgan fingerprint density at radius 3 is 2.96 bits per heavy atom. The van der Waals surface area contributed by atoms with Crippen molar-refractivity contribution in [3.63, 3.8) is 0 Å². The molecule has 23 heavy (non-hydrogen) atoms. The number of aromatic nitrogens is 2. The van der Waals surface area contributed by atoms with Gasteiger partial charge in [0.1, 0.15) is 6.54 Å². The zero-order chi connectivity index (χ0) is 16.6. The second-order valence-corrected chi connectivity index (χ2v) is 6.19. The summed E-state index contributed by atoms with van der Waals surface area (Å²) in [6.07, 6.45) is 1.48. The molecule has 0 spiro atoms. The Hall–Kier alpha value is -2.21. The maximum atomic E-state index is 12.6. The van der Waals surface area contributed by atoms with E-state index in [4.69, 9.17) is 4.74 Å². The molecule has 1 amide bonds. The van der Waals surface area contributed by atoms with E-state index in [9.17, 15) is 9.59 Å². The van der Waals surface area contributed by atoms with Crippen LogP contribution < -0.4 is 5.56 Å². The number of nitrogens with zero attached hydrogens (tertiary/aromatic N) is 3. The monoisotopic (exact) mass is 315 g/mol. The fourth-order valence-electron chi connectivity index (χ4n) is 2.94. The summed E-state index contributed by atoms with van der Waals surface area (Å²) in [5, 5.41) is 0.545. The Morgan fingerprint density at radius 1 is 1.39 bits per heavy atom. The molecule has 0 saturated carbocycles. The van der Waals surface area contributed by atoms with Gasteiger partial charge in [0, 0.05) is 6.54 Å². The van der Waals surface area contributed by atoms with E-state index in [1.165, 1.54) is 10.9 Å². The van der Waals surface area contributed by atoms with Gasteiger partial charge >= 0.3 is 0 Å². The molecule has 0 aliphatic carbocycles. The highest BCUT2D eigenvalue weighted by atomic mass is 16.5. The predicted octanol–water partition coefficient (Wildman–Crippen LogP) is 1.34. The third kappa shape index (κ3) is 2.99. The van der Waals surface area contributed by atoms with E-state index in [2.05, 4.69) is 4.98 Å². The highest BCUT2D eigenvalue weighted by molar-refractivity contribution is 5.81. The fraction of sp³-hybridized carbons (Fsp3) is 0.471. The van der Waals surface area contributed by atoms with Gasteiger partial charge in [-0.1, -0.05) is 12.1 Å². The molecular weight excluding hydrogens is 294 g/mol. The summed E-state index contributed by atoms with van der Waals surface area (Å²) in [4.78, 5) is 31.3. The van der Waals surface area contributed by atoms with Crippen LogP contribution in [0.15, 0.2) is 29.3 Å². The normalized spacial score (nSPS) is 21.6. The third-order valence-corrected chi connectivity index (χ3v) is 4.29. The van der Waals surface area contributed by atoms with Crippen molar-refractivity contribution in [2.75, 3.05) is 13.2 Å². The molecule has 1 saturated heterocycles. The summed E-state index contributed by atoms with van der Waals surface area (Å²) < 4.78 is 6.93. The number of carbonyl (C=O) groups is 1. The largest absolute Gasteiger partial charge is 0.375 e. The van der Waals surface area contributed by atoms with Crippen molar-refractivity contribution in [1.82, 2.24) is 14.5 Å². The van der Waals surface area contributed by atoms with Crippen LogP contribution in [0.3, 0.4) is 0 Å². The minimum absolute atomic E-state index is 0.00672. The summed E-state index contributed by atoms with van der Waals surface area (Å²) in [6, 6.07) is 5.52. The highest BCUT2D eigenvalue weighted by Gasteiger charge is 2.27. The predicted molar refractivity (Wildman–Crippen MR) is 87.3 cm³/mol. The molecule has 1 aliphatic rings. The average molecular weight is 315 g/mol. The fourth-order valence-corrected chi connectivity index (χ4v) is 2.94. The third-order valence-electron chi connectivity index (χ3n) is 4.29. The van der Waals surface area contributed by atoms with Crippen molar-refractivity contribution in [2.24, 2.45) is 0 Å². The zero-order valence-corrected chi connectivity index (χ0v) is 13.7. The molecule has 1 fully saturated rings. The van der Waals surface area contributed by atoms with E-state index in [1.807, 2.05) is 32.9 Å². The number of hydrogen-bond donors (Lipinski definition) is 0. The SMILES string of the molecule is Cc1cccc2c(=O)n(CC(=O)N3C[C@H](C)OC[C@H]3C)cnc12. The van der Waals surface area contributed by atoms with Crippen molar-refractivity contribution in [3.8, 4) is 0 Å². The Morgan fingerprint density at radius 2 is 2.17 bits per heavy atom. The van der Waals surface area contributed by atoms with Crippen molar-refractivity contribution < 1.29 is 9.53 Å². The summed E-state index contributed by atoms with van der Waals surface area (Å²) >= 11 is 0. The molecule has 0 unspecified atom stereocenters. The van der Waals surface area contributed by atoms with E-state index < -0.39 is 0 Å². The first-order valence-corrected chi connectivity index (χ1v) is 7.83. The summed E-state index contributed by atoms with van der Waals surface area (Å²) in [5.41, 5.74) is 1.46. The number of para-hydroxylation sites is 1. The van der Waals surface area contributed by atoms with Crippen LogP contribution in [0.1, 0.15) is 19.4 Å². The van der Waals surface area contributed by atoms with Crippen molar-refractivity contribution >= 4 is 16.8 Å². The zero-order valence-electron chi connectivity index (χ0n) is 13.7. The molecule has 1 aromatic carbocycles. The minimum atomic E-state index is -0.180. The second-order valence-electron chi connectivity index (χ2n) is 6.19. The lowest BCUT2D eigenvalue weighted by Crippen LogP contribution is -2.51. The quantitative estimate of drug-likeness (QED) is 0.839. The maximum absolute atomic E-state index is 12.6. The van der Waals surface area contributed by atoms with Crippen LogP contribution in [0.2, 0.25) is 0 Å². The standard InChI is InChI=1S/C17H21N3O3/c1-11-5-4-6-14-16(11)18-10-19(17(14)22)8-15(21)20-7-13(3)23-9-12(20)2/h4-6,10,12-13H,7-9H2,1-3H3/t12-,13+/m1/s1. The van der Waals surface area contributed by atoms with Gasteiger partial charge in [0.2, 0.25) is 5.91 Å². The Balaban J connectivity index is 1.88. The Labute approximate surface area is 134 Å². The molecule has 0 radical (unpaired) electrons. The van der Waals surface area contributed by atoms with Gasteiger partial charge in [0.25, 0.3) is 5.56 Å². The number of carbonyl (C=O) groups excluding carboxylic acids is 1. The molecule has 0 bridgehead atoms. The number of fused-ring (bicyclic) bond motifs is 1. The number of rotatable bonds is 2. The van der Waals surface area contributed by atoms with Crippen LogP contribution >= 0.6 is 0 Å². The van der Waals surface area contributed by atoms with E-state index in [-0.39, 0.29) is 30.2 Å². The average Bonchev–Trinajstić information content (AvgIpc) is 2.53. The first kappa shape index (κ1) is 15.7. The van der Waals surface area contributed by atoms with Gasteiger partial charge < -0.3 is 9.64 Å². The topological polar surface area (TPSA) is 64.4 Å². The maximum Gasteiger partial charge on any atom is 0.261 e. The first-order valence-electron chi connectivity index (χ1n) is 7.83. The van der Waals surface area contributed by atoms with Crippen molar-refractivity contribution in [3.05, 3.63) is 40.4 Å². The van der Waals surface area contributed by atoms with Gasteiger partial charge in [-0.15, -0.1) is 0 Å². The number of aryl methyl sites for hydroxylation is 1. The van der Waals surface area contributed by atoms with Crippen LogP contribution in [0.25, 0.3) is 10.9 Å². The van der Waals surface area contributed by atoms with Crippen LogP contribution in [0.5, 0.6) is 0 Å². The minimum Gasteiger partial charge on any atom is -0.375 e. The van der Waals surface area contributed by atoms with Gasteiger partial charge in [-0.3, -0.25) is 14.2 Å². The van der Waals surface area contributed by atoms with Crippen LogP contribution in [-0.4, -0.2) is 45.7 Å². The molecule has 2 atom stereocenters. The lowest BCUT2D eigenvalue weighted by atomic mass is 10.1. The number of hydrogen-bond acceptors (Lipinski definition) is 4. The lowest BCUT2D eigenvalue weighted by Gasteiger charge is -2.36. The van der Waals surface area contributed by atoms with Gasteiger partial charge in [0.15, 0.2) is 0 Å². The van der Waals surface area contributed by atoms with Crippen molar-refractivity contribution in [2.45, 2.75) is 39.5 Å². The highest BCUT2D eigenvalue weighted by Crippen LogP contribution is 2.13. The molecule has 3 rings (SSSR count). The number of ether oxygens (including phenoxy) is 1. The first-order chi connectivity index (χ1) is 11.0. The second kappa shape index (κ2) is 6.12. The molecular formula is C17H21N3O3. The van der Waals surface area contributed by atoms with E-state index in [0.29, 0.717) is 24.1 Å². The Kier molecular flexibility index (Phi) is 4.17. The smallest absolute Gasteiger partial charge is 0.261 e. The number of benzene rings is 1. The molecule has 6 nitrogen and oxygen atoms in total. The van der Waals surface area contributed by atoms with Crippen molar-refractivity contribution in [1.29, 1.82) is 0 Å². The summed E-state index contributed by atoms with van der Waals surface area (Å²) in [7, 11) is 0. The summed E-state index contributed by atoms with van der Waals surface area (Å²) in [5.74, 6) is -0.0800. The lowest BCUT2D eigenvalue weighted by molar-refractivity contribution is -0.143. The molecule has 2 heterocycles. The van der Waals surface area contributed by atoms with Crippen LogP contribution in [-0.2, 0) is 16.1 Å². The van der Waals surface area contributed by atoms with E-state index in [0.717, 1.165) is 5.56 Å². The molecule has 1 aliphatic heterocycles. The van der Waals surface area contributed by atoms with E-state index >= 15 is 0 Å². The molecule has 6 heteroatoms. The Bertz CT molecular complexity index is 799. The molecule has 122 valence electrons. The molecule has 2 aromatic rings.